The van der Waals surface area contributed by atoms with Gasteiger partial charge in [-0.1, -0.05) is 48.5 Å². The number of ether oxygens (including phenoxy) is 1. The standard InChI is InChI=1S/C18H16N4O4/c23-17(24)16-20-15(21-22-16)14-8-4-7-13(9-14)10-19-18(25)26-11-12-5-2-1-3-6-12/h1-9H,10-11H2,(H,19,25)(H,23,24)(H,20,21,22). The Morgan fingerprint density at radius 3 is 2.58 bits per heavy atom. The molecule has 0 saturated heterocycles. The van der Waals surface area contributed by atoms with Crippen LogP contribution in [-0.4, -0.2) is 32.4 Å². The van der Waals surface area contributed by atoms with Crippen LogP contribution in [0.1, 0.15) is 21.7 Å². The van der Waals surface area contributed by atoms with E-state index in [0.717, 1.165) is 11.1 Å². The molecule has 8 heteroatoms. The maximum atomic E-state index is 11.8. The van der Waals surface area contributed by atoms with Gasteiger partial charge in [-0.15, -0.1) is 0 Å². The lowest BCUT2D eigenvalue weighted by Crippen LogP contribution is -2.23. The van der Waals surface area contributed by atoms with Gasteiger partial charge in [-0.2, -0.15) is 5.10 Å². The molecule has 3 aromatic rings. The molecule has 8 nitrogen and oxygen atoms in total. The number of nitrogens with zero attached hydrogens (tertiary/aromatic N) is 2. The van der Waals surface area contributed by atoms with Crippen molar-refractivity contribution in [2.75, 3.05) is 0 Å². The number of aromatic carboxylic acids is 1. The average molecular weight is 352 g/mol. The normalized spacial score (nSPS) is 10.3. The lowest BCUT2D eigenvalue weighted by molar-refractivity contribution is 0.0684. The van der Waals surface area contributed by atoms with Crippen LogP contribution in [0.5, 0.6) is 0 Å². The van der Waals surface area contributed by atoms with Crippen molar-refractivity contribution >= 4 is 12.1 Å². The molecule has 132 valence electrons. The highest BCUT2D eigenvalue weighted by Gasteiger charge is 2.11. The van der Waals surface area contributed by atoms with Gasteiger partial charge >= 0.3 is 12.1 Å². The van der Waals surface area contributed by atoms with E-state index in [9.17, 15) is 9.59 Å². The van der Waals surface area contributed by atoms with Crippen molar-refractivity contribution in [3.8, 4) is 11.4 Å². The van der Waals surface area contributed by atoms with Crippen molar-refractivity contribution in [3.05, 3.63) is 71.5 Å². The van der Waals surface area contributed by atoms with Crippen molar-refractivity contribution < 1.29 is 19.4 Å². The molecule has 1 aromatic heterocycles. The second-order valence-electron chi connectivity index (χ2n) is 5.43. The molecule has 2 aromatic carbocycles. The van der Waals surface area contributed by atoms with E-state index in [1.54, 1.807) is 18.2 Å². The Labute approximate surface area is 148 Å². The lowest BCUT2D eigenvalue weighted by atomic mass is 10.1. The number of H-pyrrole nitrogens is 1. The zero-order valence-corrected chi connectivity index (χ0v) is 13.7. The second kappa shape index (κ2) is 7.93. The Bertz CT molecular complexity index is 908. The van der Waals surface area contributed by atoms with Crippen LogP contribution in [0.3, 0.4) is 0 Å². The van der Waals surface area contributed by atoms with E-state index < -0.39 is 12.1 Å². The monoisotopic (exact) mass is 352 g/mol. The Kier molecular flexibility index (Phi) is 5.23. The van der Waals surface area contributed by atoms with Crippen LogP contribution in [0, 0.1) is 0 Å². The minimum Gasteiger partial charge on any atom is -0.475 e. The minimum atomic E-state index is -1.18. The summed E-state index contributed by atoms with van der Waals surface area (Å²) in [5.41, 5.74) is 2.36. The SMILES string of the molecule is O=C(NCc1cccc(-c2n[nH]c(C(=O)O)n2)c1)OCc1ccccc1. The molecule has 0 bridgehead atoms. The highest BCUT2D eigenvalue weighted by molar-refractivity contribution is 5.83. The van der Waals surface area contributed by atoms with Gasteiger partial charge in [0.1, 0.15) is 6.61 Å². The van der Waals surface area contributed by atoms with Crippen molar-refractivity contribution in [1.29, 1.82) is 0 Å². The molecule has 0 aliphatic rings. The number of carboxylic acid groups (broad SMARTS) is 1. The van der Waals surface area contributed by atoms with Crippen molar-refractivity contribution in [1.82, 2.24) is 20.5 Å². The number of carbonyl (C=O) groups is 2. The first-order valence-corrected chi connectivity index (χ1v) is 7.81. The van der Waals surface area contributed by atoms with E-state index in [4.69, 9.17) is 9.84 Å². The van der Waals surface area contributed by atoms with E-state index in [1.807, 2.05) is 36.4 Å². The Hall–Kier alpha value is -3.68. The van der Waals surface area contributed by atoms with Crippen LogP contribution in [-0.2, 0) is 17.9 Å². The predicted molar refractivity (Wildman–Crippen MR) is 92.2 cm³/mol. The first-order chi connectivity index (χ1) is 12.6. The van der Waals surface area contributed by atoms with Crippen LogP contribution in [0.15, 0.2) is 54.6 Å². The van der Waals surface area contributed by atoms with Gasteiger partial charge in [-0.05, 0) is 17.2 Å². The number of carboxylic acids is 1. The molecule has 0 saturated carbocycles. The third kappa shape index (κ3) is 4.44. The maximum absolute atomic E-state index is 11.8. The van der Waals surface area contributed by atoms with Crippen LogP contribution >= 0.6 is 0 Å². The van der Waals surface area contributed by atoms with E-state index >= 15 is 0 Å². The van der Waals surface area contributed by atoms with E-state index in [1.165, 1.54) is 0 Å². The summed E-state index contributed by atoms with van der Waals surface area (Å²) < 4.78 is 5.15. The maximum Gasteiger partial charge on any atom is 0.407 e. The van der Waals surface area contributed by atoms with Crippen LogP contribution in [0.4, 0.5) is 4.79 Å². The Morgan fingerprint density at radius 1 is 1.08 bits per heavy atom. The molecule has 1 heterocycles. The quantitative estimate of drug-likeness (QED) is 0.628. The number of nitrogens with one attached hydrogen (secondary N) is 2. The van der Waals surface area contributed by atoms with Gasteiger partial charge in [0.25, 0.3) is 0 Å². The molecule has 3 rings (SSSR count). The fraction of sp³-hybridized carbons (Fsp3) is 0.111. The lowest BCUT2D eigenvalue weighted by Gasteiger charge is -2.08. The summed E-state index contributed by atoms with van der Waals surface area (Å²) in [6.45, 7) is 0.458. The first kappa shape index (κ1) is 17.2. The molecule has 0 spiro atoms. The number of rotatable bonds is 6. The van der Waals surface area contributed by atoms with Gasteiger partial charge in [0.05, 0.1) is 0 Å². The van der Waals surface area contributed by atoms with Gasteiger partial charge in [-0.25, -0.2) is 14.6 Å². The summed E-state index contributed by atoms with van der Waals surface area (Å²) in [5, 5.41) is 17.8. The number of alkyl carbamates (subject to hydrolysis) is 1. The topological polar surface area (TPSA) is 117 Å². The Morgan fingerprint density at radius 2 is 1.85 bits per heavy atom. The molecule has 1 amide bonds. The fourth-order valence-electron chi connectivity index (χ4n) is 2.26. The Balaban J connectivity index is 1.56. The zero-order valence-electron chi connectivity index (χ0n) is 13.7. The third-order valence-corrected chi connectivity index (χ3v) is 3.52. The largest absolute Gasteiger partial charge is 0.475 e. The van der Waals surface area contributed by atoms with Crippen molar-refractivity contribution in [2.45, 2.75) is 13.2 Å². The highest BCUT2D eigenvalue weighted by atomic mass is 16.5. The fourth-order valence-corrected chi connectivity index (χ4v) is 2.26. The summed E-state index contributed by atoms with van der Waals surface area (Å²) in [7, 11) is 0. The molecule has 0 radical (unpaired) electrons. The molecule has 0 aliphatic heterocycles. The molecular formula is C18H16N4O4. The van der Waals surface area contributed by atoms with Crippen LogP contribution < -0.4 is 5.32 Å². The molecule has 0 fully saturated rings. The van der Waals surface area contributed by atoms with Gasteiger partial charge < -0.3 is 15.2 Å². The number of amides is 1. The molecule has 3 N–H and O–H groups in total. The summed E-state index contributed by atoms with van der Waals surface area (Å²) in [6, 6.07) is 16.5. The van der Waals surface area contributed by atoms with E-state index in [2.05, 4.69) is 20.5 Å². The molecular weight excluding hydrogens is 336 g/mol. The highest BCUT2D eigenvalue weighted by Crippen LogP contribution is 2.16. The summed E-state index contributed by atoms with van der Waals surface area (Å²) in [4.78, 5) is 26.6. The molecule has 26 heavy (non-hydrogen) atoms. The van der Waals surface area contributed by atoms with Crippen LogP contribution in [0.2, 0.25) is 0 Å². The number of carbonyl (C=O) groups excluding carboxylic acids is 1. The van der Waals surface area contributed by atoms with Crippen molar-refractivity contribution in [3.63, 3.8) is 0 Å². The minimum absolute atomic E-state index is 0.196. The average Bonchev–Trinajstić information content (AvgIpc) is 3.16. The summed E-state index contributed by atoms with van der Waals surface area (Å²) in [6.07, 6.45) is -0.523. The first-order valence-electron chi connectivity index (χ1n) is 7.81. The third-order valence-electron chi connectivity index (χ3n) is 3.52. The second-order valence-corrected chi connectivity index (χ2v) is 5.43. The van der Waals surface area contributed by atoms with E-state index in [-0.39, 0.29) is 24.8 Å². The summed E-state index contributed by atoms with van der Waals surface area (Å²) in [5.74, 6) is -1.13. The predicted octanol–water partition coefficient (Wildman–Crippen LogP) is 2.60. The number of aromatic nitrogens is 3. The molecule has 0 atom stereocenters. The number of benzene rings is 2. The van der Waals surface area contributed by atoms with Gasteiger partial charge in [0, 0.05) is 12.1 Å². The number of aromatic amines is 1. The smallest absolute Gasteiger partial charge is 0.407 e. The molecule has 0 aliphatic carbocycles. The van der Waals surface area contributed by atoms with Gasteiger partial charge in [0.15, 0.2) is 5.82 Å². The van der Waals surface area contributed by atoms with E-state index in [0.29, 0.717) is 5.56 Å². The molecule has 0 unspecified atom stereocenters. The van der Waals surface area contributed by atoms with Gasteiger partial charge in [-0.3, -0.25) is 5.10 Å². The number of hydrogen-bond acceptors (Lipinski definition) is 5. The zero-order chi connectivity index (χ0) is 18.4. The van der Waals surface area contributed by atoms with Crippen molar-refractivity contribution in [2.24, 2.45) is 0 Å². The number of hydrogen-bond donors (Lipinski definition) is 3. The summed E-state index contributed by atoms with van der Waals surface area (Å²) >= 11 is 0. The van der Waals surface area contributed by atoms with Crippen LogP contribution in [0.25, 0.3) is 11.4 Å². The van der Waals surface area contributed by atoms with Gasteiger partial charge in [0.2, 0.25) is 5.82 Å².